The number of anilines is 1. The molecule has 1 aromatic rings. The Kier molecular flexibility index (Phi) is 5.51. The molecule has 0 aliphatic heterocycles. The lowest BCUT2D eigenvalue weighted by Gasteiger charge is -2.20. The maximum atomic E-state index is 11.7. The van der Waals surface area contributed by atoms with Crippen molar-refractivity contribution in [1.82, 2.24) is 5.32 Å². The topological polar surface area (TPSA) is 78.4 Å². The lowest BCUT2D eigenvalue weighted by atomic mass is 10.1. The van der Waals surface area contributed by atoms with Gasteiger partial charge in [0.05, 0.1) is 12.6 Å². The molecule has 1 aromatic carbocycles. The van der Waals surface area contributed by atoms with E-state index in [2.05, 4.69) is 10.6 Å². The molecular weight excluding hydrogens is 244 g/mol. The van der Waals surface area contributed by atoms with Crippen molar-refractivity contribution >= 4 is 17.5 Å². The van der Waals surface area contributed by atoms with Gasteiger partial charge in [0, 0.05) is 11.3 Å². The number of carbonyl (C=O) groups is 2. The third-order valence-electron chi connectivity index (χ3n) is 2.84. The van der Waals surface area contributed by atoms with E-state index in [4.69, 9.17) is 5.11 Å². The fourth-order valence-corrected chi connectivity index (χ4v) is 1.57. The first-order valence-electron chi connectivity index (χ1n) is 6.23. The third kappa shape index (κ3) is 4.71. The number of hydrogen-bond acceptors (Lipinski definition) is 3. The van der Waals surface area contributed by atoms with Crippen LogP contribution in [0.5, 0.6) is 0 Å². The molecule has 0 bridgehead atoms. The summed E-state index contributed by atoms with van der Waals surface area (Å²) in [5.74, 6) is 0.0822. The van der Waals surface area contributed by atoms with Gasteiger partial charge in [-0.05, 0) is 25.0 Å². The number of nitrogens with one attached hydrogen (secondary N) is 2. The van der Waals surface area contributed by atoms with Gasteiger partial charge in [-0.15, -0.1) is 0 Å². The smallest absolute Gasteiger partial charge is 0.319 e. The highest BCUT2D eigenvalue weighted by molar-refractivity contribution is 5.96. The van der Waals surface area contributed by atoms with Gasteiger partial charge in [0.1, 0.15) is 0 Å². The summed E-state index contributed by atoms with van der Waals surface area (Å²) in [7, 11) is 0. The molecule has 1 rings (SSSR count). The van der Waals surface area contributed by atoms with Crippen molar-refractivity contribution in [2.24, 2.45) is 5.92 Å². The second-order valence-corrected chi connectivity index (χ2v) is 4.77. The van der Waals surface area contributed by atoms with E-state index in [0.717, 1.165) is 0 Å². The number of amides is 2. The normalized spacial score (nSPS) is 12.1. The monoisotopic (exact) mass is 264 g/mol. The van der Waals surface area contributed by atoms with Crippen molar-refractivity contribution in [2.45, 2.75) is 26.8 Å². The van der Waals surface area contributed by atoms with E-state index >= 15 is 0 Å². The van der Waals surface area contributed by atoms with Crippen molar-refractivity contribution in [1.29, 1.82) is 0 Å². The first kappa shape index (κ1) is 15.2. The lowest BCUT2D eigenvalue weighted by Crippen LogP contribution is -2.43. The molecule has 104 valence electrons. The summed E-state index contributed by atoms with van der Waals surface area (Å²) in [6.07, 6.45) is 0. The predicted molar refractivity (Wildman–Crippen MR) is 74.3 cm³/mol. The molecule has 0 spiro atoms. The SMILES string of the molecule is CC(=O)c1cccc(NC(=O)NC(CO)C(C)C)c1. The molecule has 0 heterocycles. The number of ketones is 1. The summed E-state index contributed by atoms with van der Waals surface area (Å²) in [6.45, 7) is 5.19. The summed E-state index contributed by atoms with van der Waals surface area (Å²) in [5.41, 5.74) is 1.09. The molecule has 1 unspecified atom stereocenters. The Balaban J connectivity index is 2.66. The van der Waals surface area contributed by atoms with E-state index < -0.39 is 6.03 Å². The number of Topliss-reactive ketones (excluding diaryl/α,β-unsaturated/α-hetero) is 1. The Bertz CT molecular complexity index is 458. The number of carbonyl (C=O) groups excluding carboxylic acids is 2. The first-order valence-corrected chi connectivity index (χ1v) is 6.23. The van der Waals surface area contributed by atoms with E-state index in [1.807, 2.05) is 13.8 Å². The van der Waals surface area contributed by atoms with E-state index in [1.165, 1.54) is 6.92 Å². The van der Waals surface area contributed by atoms with Crippen LogP contribution in [0.1, 0.15) is 31.1 Å². The van der Waals surface area contributed by atoms with E-state index in [9.17, 15) is 9.59 Å². The Morgan fingerprint density at radius 3 is 2.53 bits per heavy atom. The van der Waals surface area contributed by atoms with Gasteiger partial charge < -0.3 is 15.7 Å². The van der Waals surface area contributed by atoms with Crippen LogP contribution in [0.2, 0.25) is 0 Å². The van der Waals surface area contributed by atoms with Crippen molar-refractivity contribution in [2.75, 3.05) is 11.9 Å². The van der Waals surface area contributed by atoms with Crippen LogP contribution in [0.15, 0.2) is 24.3 Å². The zero-order valence-corrected chi connectivity index (χ0v) is 11.4. The summed E-state index contributed by atoms with van der Waals surface area (Å²) in [4.78, 5) is 23.0. The minimum absolute atomic E-state index is 0.0560. The van der Waals surface area contributed by atoms with Crippen molar-refractivity contribution < 1.29 is 14.7 Å². The minimum atomic E-state index is -0.395. The van der Waals surface area contributed by atoms with Gasteiger partial charge in [0.25, 0.3) is 0 Å². The number of aliphatic hydroxyl groups is 1. The third-order valence-corrected chi connectivity index (χ3v) is 2.84. The summed E-state index contributed by atoms with van der Waals surface area (Å²) in [5, 5.41) is 14.5. The fourth-order valence-electron chi connectivity index (χ4n) is 1.57. The Morgan fingerprint density at radius 2 is 2.00 bits per heavy atom. The molecular formula is C14H20N2O3. The highest BCUT2D eigenvalue weighted by atomic mass is 16.3. The predicted octanol–water partition coefficient (Wildman–Crippen LogP) is 2.03. The molecule has 2 amide bonds. The van der Waals surface area contributed by atoms with Gasteiger partial charge in [0.15, 0.2) is 5.78 Å². The average Bonchev–Trinajstić information content (AvgIpc) is 2.35. The highest BCUT2D eigenvalue weighted by Gasteiger charge is 2.15. The largest absolute Gasteiger partial charge is 0.394 e. The summed E-state index contributed by atoms with van der Waals surface area (Å²) >= 11 is 0. The Labute approximate surface area is 113 Å². The van der Waals surface area contributed by atoms with Crippen LogP contribution in [-0.4, -0.2) is 29.6 Å². The van der Waals surface area contributed by atoms with E-state index in [0.29, 0.717) is 11.3 Å². The maximum absolute atomic E-state index is 11.7. The van der Waals surface area contributed by atoms with Gasteiger partial charge in [-0.1, -0.05) is 26.0 Å². The van der Waals surface area contributed by atoms with Gasteiger partial charge >= 0.3 is 6.03 Å². The van der Waals surface area contributed by atoms with E-state index in [1.54, 1.807) is 24.3 Å². The average molecular weight is 264 g/mol. The molecule has 19 heavy (non-hydrogen) atoms. The number of hydrogen-bond donors (Lipinski definition) is 3. The zero-order valence-electron chi connectivity index (χ0n) is 11.4. The van der Waals surface area contributed by atoms with Gasteiger partial charge in [-0.2, -0.15) is 0 Å². The van der Waals surface area contributed by atoms with Crippen LogP contribution in [-0.2, 0) is 0 Å². The van der Waals surface area contributed by atoms with Crippen LogP contribution in [0, 0.1) is 5.92 Å². The van der Waals surface area contributed by atoms with E-state index in [-0.39, 0.29) is 24.3 Å². The quantitative estimate of drug-likeness (QED) is 0.712. The Hall–Kier alpha value is -1.88. The summed E-state index contributed by atoms with van der Waals surface area (Å²) in [6, 6.07) is 6.03. The Morgan fingerprint density at radius 1 is 1.32 bits per heavy atom. The summed E-state index contributed by atoms with van der Waals surface area (Å²) < 4.78 is 0. The second kappa shape index (κ2) is 6.89. The molecule has 0 saturated heterocycles. The first-order chi connectivity index (χ1) is 8.93. The van der Waals surface area contributed by atoms with Gasteiger partial charge in [0.2, 0.25) is 0 Å². The molecule has 5 nitrogen and oxygen atoms in total. The molecule has 0 fully saturated rings. The van der Waals surface area contributed by atoms with Crippen LogP contribution in [0.4, 0.5) is 10.5 Å². The molecule has 5 heteroatoms. The van der Waals surface area contributed by atoms with Crippen molar-refractivity contribution in [3.05, 3.63) is 29.8 Å². The fraction of sp³-hybridized carbons (Fsp3) is 0.429. The molecule has 0 saturated carbocycles. The highest BCUT2D eigenvalue weighted by Crippen LogP contribution is 2.11. The molecule has 0 aliphatic rings. The zero-order chi connectivity index (χ0) is 14.4. The standard InChI is InChI=1S/C14H20N2O3/c1-9(2)13(8-17)16-14(19)15-12-6-4-5-11(7-12)10(3)18/h4-7,9,13,17H,8H2,1-3H3,(H2,15,16,19). The second-order valence-electron chi connectivity index (χ2n) is 4.77. The van der Waals surface area contributed by atoms with Crippen LogP contribution in [0.3, 0.4) is 0 Å². The minimum Gasteiger partial charge on any atom is -0.394 e. The van der Waals surface area contributed by atoms with Crippen molar-refractivity contribution in [3.63, 3.8) is 0 Å². The molecule has 3 N–H and O–H groups in total. The van der Waals surface area contributed by atoms with Crippen LogP contribution < -0.4 is 10.6 Å². The molecule has 1 atom stereocenters. The maximum Gasteiger partial charge on any atom is 0.319 e. The lowest BCUT2D eigenvalue weighted by molar-refractivity contribution is 0.101. The number of aliphatic hydroxyl groups excluding tert-OH is 1. The number of urea groups is 1. The molecule has 0 radical (unpaired) electrons. The molecule has 0 aliphatic carbocycles. The molecule has 0 aromatic heterocycles. The number of benzene rings is 1. The van der Waals surface area contributed by atoms with Crippen LogP contribution in [0.25, 0.3) is 0 Å². The number of rotatable bonds is 5. The van der Waals surface area contributed by atoms with Gasteiger partial charge in [-0.25, -0.2) is 4.79 Å². The van der Waals surface area contributed by atoms with Crippen molar-refractivity contribution in [3.8, 4) is 0 Å². The van der Waals surface area contributed by atoms with Gasteiger partial charge in [-0.3, -0.25) is 4.79 Å². The van der Waals surface area contributed by atoms with Crippen LogP contribution >= 0.6 is 0 Å².